The molecule has 118 valence electrons. The molecule has 2 rings (SSSR count). The van der Waals surface area contributed by atoms with Gasteiger partial charge in [-0.15, -0.1) is 0 Å². The Bertz CT molecular complexity index is 484. The standard InChI is InChI=1S/C16H25BrFN3/c1-11-7-9-16(10-8-11,21(2)3)15(20-19)12-5-4-6-13(17)14(12)18/h4-6,11,15,20H,7-10,19H2,1-3H3. The third-order valence-corrected chi connectivity index (χ3v) is 5.64. The molecule has 0 bridgehead atoms. The first-order valence-corrected chi connectivity index (χ1v) is 8.29. The first-order valence-electron chi connectivity index (χ1n) is 7.50. The molecule has 0 saturated heterocycles. The topological polar surface area (TPSA) is 41.3 Å². The van der Waals surface area contributed by atoms with E-state index in [-0.39, 0.29) is 17.4 Å². The highest BCUT2D eigenvalue weighted by Crippen LogP contribution is 2.44. The van der Waals surface area contributed by atoms with Crippen LogP contribution in [0.2, 0.25) is 0 Å². The Hall–Kier alpha value is -0.490. The van der Waals surface area contributed by atoms with Crippen LogP contribution in [0.1, 0.15) is 44.2 Å². The molecule has 0 heterocycles. The molecule has 1 aliphatic carbocycles. The molecule has 1 aliphatic rings. The van der Waals surface area contributed by atoms with E-state index in [0.29, 0.717) is 10.0 Å². The summed E-state index contributed by atoms with van der Waals surface area (Å²) in [5.41, 5.74) is 3.38. The van der Waals surface area contributed by atoms with E-state index in [4.69, 9.17) is 5.84 Å². The van der Waals surface area contributed by atoms with Gasteiger partial charge in [0, 0.05) is 11.1 Å². The van der Waals surface area contributed by atoms with Gasteiger partial charge in [-0.3, -0.25) is 11.3 Å². The molecule has 1 aromatic carbocycles. The van der Waals surface area contributed by atoms with Gasteiger partial charge in [0.2, 0.25) is 0 Å². The average molecular weight is 358 g/mol. The lowest BCUT2D eigenvalue weighted by atomic mass is 9.70. The van der Waals surface area contributed by atoms with E-state index >= 15 is 0 Å². The molecule has 0 amide bonds. The highest BCUT2D eigenvalue weighted by Gasteiger charge is 2.44. The molecule has 3 nitrogen and oxygen atoms in total. The second kappa shape index (κ2) is 6.73. The zero-order chi connectivity index (χ0) is 15.6. The molecule has 1 saturated carbocycles. The van der Waals surface area contributed by atoms with E-state index in [1.165, 1.54) is 0 Å². The lowest BCUT2D eigenvalue weighted by Crippen LogP contribution is -2.57. The van der Waals surface area contributed by atoms with Crippen LogP contribution in [0.5, 0.6) is 0 Å². The number of nitrogens with one attached hydrogen (secondary N) is 1. The minimum Gasteiger partial charge on any atom is -0.302 e. The Kier molecular flexibility index (Phi) is 5.41. The number of nitrogens with zero attached hydrogens (tertiary/aromatic N) is 1. The number of rotatable bonds is 4. The highest BCUT2D eigenvalue weighted by atomic mass is 79.9. The maximum atomic E-state index is 14.5. The summed E-state index contributed by atoms with van der Waals surface area (Å²) < 4.78 is 15.0. The molecule has 1 fully saturated rings. The van der Waals surface area contributed by atoms with Crippen molar-refractivity contribution in [2.24, 2.45) is 11.8 Å². The summed E-state index contributed by atoms with van der Waals surface area (Å²) in [5.74, 6) is 6.36. The minimum atomic E-state index is -0.225. The number of nitrogens with two attached hydrogens (primary N) is 1. The number of halogens is 2. The summed E-state index contributed by atoms with van der Waals surface area (Å²) in [5, 5.41) is 0. The zero-order valence-corrected chi connectivity index (χ0v) is 14.6. The van der Waals surface area contributed by atoms with Crippen LogP contribution in [0.15, 0.2) is 22.7 Å². The zero-order valence-electron chi connectivity index (χ0n) is 13.0. The minimum absolute atomic E-state index is 0.150. The molecule has 0 radical (unpaired) electrons. The normalized spacial score (nSPS) is 27.9. The van der Waals surface area contributed by atoms with Crippen LogP contribution in [0.25, 0.3) is 0 Å². The smallest absolute Gasteiger partial charge is 0.142 e. The van der Waals surface area contributed by atoms with Crippen molar-refractivity contribution in [3.63, 3.8) is 0 Å². The van der Waals surface area contributed by atoms with E-state index in [1.807, 2.05) is 12.1 Å². The van der Waals surface area contributed by atoms with E-state index in [2.05, 4.69) is 47.3 Å². The van der Waals surface area contributed by atoms with Crippen molar-refractivity contribution in [1.29, 1.82) is 0 Å². The summed E-state index contributed by atoms with van der Waals surface area (Å²) in [4.78, 5) is 2.21. The monoisotopic (exact) mass is 357 g/mol. The van der Waals surface area contributed by atoms with Gasteiger partial charge in [-0.25, -0.2) is 4.39 Å². The number of benzene rings is 1. The van der Waals surface area contributed by atoms with E-state index in [0.717, 1.165) is 31.6 Å². The van der Waals surface area contributed by atoms with Crippen LogP contribution in [-0.2, 0) is 0 Å². The summed E-state index contributed by atoms with van der Waals surface area (Å²) in [7, 11) is 4.13. The Morgan fingerprint density at radius 3 is 2.52 bits per heavy atom. The maximum absolute atomic E-state index is 14.5. The van der Waals surface area contributed by atoms with Crippen LogP contribution in [0.4, 0.5) is 4.39 Å². The highest BCUT2D eigenvalue weighted by molar-refractivity contribution is 9.10. The van der Waals surface area contributed by atoms with Crippen LogP contribution in [0, 0.1) is 11.7 Å². The predicted molar refractivity (Wildman–Crippen MR) is 88.2 cm³/mol. The Labute approximate surface area is 135 Å². The van der Waals surface area contributed by atoms with Crippen molar-refractivity contribution in [3.05, 3.63) is 34.1 Å². The van der Waals surface area contributed by atoms with Crippen LogP contribution < -0.4 is 11.3 Å². The fourth-order valence-corrected chi connectivity index (χ4v) is 3.92. The first kappa shape index (κ1) is 16.9. The molecule has 21 heavy (non-hydrogen) atoms. The number of hydrogen-bond donors (Lipinski definition) is 2. The average Bonchev–Trinajstić information content (AvgIpc) is 2.46. The van der Waals surface area contributed by atoms with Gasteiger partial charge < -0.3 is 4.90 Å². The molecular formula is C16H25BrFN3. The Morgan fingerprint density at radius 2 is 2.00 bits per heavy atom. The van der Waals surface area contributed by atoms with E-state index < -0.39 is 0 Å². The molecule has 5 heteroatoms. The van der Waals surface area contributed by atoms with Crippen molar-refractivity contribution in [1.82, 2.24) is 10.3 Å². The summed E-state index contributed by atoms with van der Waals surface area (Å²) in [6.45, 7) is 2.28. The van der Waals surface area contributed by atoms with E-state index in [1.54, 1.807) is 6.07 Å². The molecule has 0 aliphatic heterocycles. The van der Waals surface area contributed by atoms with Crippen LogP contribution in [0.3, 0.4) is 0 Å². The second-order valence-electron chi connectivity index (χ2n) is 6.42. The van der Waals surface area contributed by atoms with Crippen molar-refractivity contribution < 1.29 is 4.39 Å². The fourth-order valence-electron chi connectivity index (χ4n) is 3.53. The molecule has 0 aromatic heterocycles. The molecule has 1 unspecified atom stereocenters. The van der Waals surface area contributed by atoms with E-state index in [9.17, 15) is 4.39 Å². The quantitative estimate of drug-likeness (QED) is 0.638. The summed E-state index contributed by atoms with van der Waals surface area (Å²) >= 11 is 3.27. The van der Waals surface area contributed by atoms with Gasteiger partial charge in [0.15, 0.2) is 0 Å². The lowest BCUT2D eigenvalue weighted by Gasteiger charge is -2.49. The van der Waals surface area contributed by atoms with Crippen LogP contribution >= 0.6 is 15.9 Å². The van der Waals surface area contributed by atoms with Gasteiger partial charge in [0.05, 0.1) is 10.5 Å². The van der Waals surface area contributed by atoms with Crippen molar-refractivity contribution in [2.45, 2.75) is 44.2 Å². The number of likely N-dealkylation sites (N-methyl/N-ethyl adjacent to an activating group) is 1. The third kappa shape index (κ3) is 3.16. The van der Waals surface area contributed by atoms with Gasteiger partial charge in [-0.1, -0.05) is 19.1 Å². The third-order valence-electron chi connectivity index (χ3n) is 5.03. The van der Waals surface area contributed by atoms with Crippen LogP contribution in [-0.4, -0.2) is 24.5 Å². The molecule has 3 N–H and O–H groups in total. The molecular weight excluding hydrogens is 333 g/mol. The van der Waals surface area contributed by atoms with Crippen molar-refractivity contribution in [3.8, 4) is 0 Å². The molecule has 1 atom stereocenters. The predicted octanol–water partition coefficient (Wildman–Crippen LogP) is 3.60. The largest absolute Gasteiger partial charge is 0.302 e. The first-order chi connectivity index (χ1) is 9.92. The summed E-state index contributed by atoms with van der Waals surface area (Å²) in [6, 6.07) is 5.19. The van der Waals surface area contributed by atoms with Crippen molar-refractivity contribution in [2.75, 3.05) is 14.1 Å². The van der Waals surface area contributed by atoms with Gasteiger partial charge in [0.1, 0.15) is 5.82 Å². The maximum Gasteiger partial charge on any atom is 0.142 e. The second-order valence-corrected chi connectivity index (χ2v) is 7.28. The van der Waals surface area contributed by atoms with Gasteiger partial charge in [0.25, 0.3) is 0 Å². The number of hydrogen-bond acceptors (Lipinski definition) is 3. The van der Waals surface area contributed by atoms with Gasteiger partial charge in [-0.05, 0) is 67.7 Å². The molecule has 0 spiro atoms. The molecule has 1 aromatic rings. The van der Waals surface area contributed by atoms with Crippen molar-refractivity contribution >= 4 is 15.9 Å². The lowest BCUT2D eigenvalue weighted by molar-refractivity contribution is 0.0415. The summed E-state index contributed by atoms with van der Waals surface area (Å²) in [6.07, 6.45) is 4.32. The number of hydrazine groups is 1. The SMILES string of the molecule is CC1CCC(C(NN)c2cccc(Br)c2F)(N(C)C)CC1. The Morgan fingerprint density at radius 1 is 1.38 bits per heavy atom. The van der Waals surface area contributed by atoms with Gasteiger partial charge in [-0.2, -0.15) is 0 Å². The fraction of sp³-hybridized carbons (Fsp3) is 0.625. The Balaban J connectivity index is 2.43. The van der Waals surface area contributed by atoms with Gasteiger partial charge >= 0.3 is 0 Å².